The van der Waals surface area contributed by atoms with Crippen LogP contribution in [0.5, 0.6) is 0 Å². The lowest BCUT2D eigenvalue weighted by atomic mass is 9.87. The lowest BCUT2D eigenvalue weighted by Crippen LogP contribution is -2.61. The maximum Gasteiger partial charge on any atom is 0.109 e. The fraction of sp³-hybridized carbons (Fsp3) is 1.00. The third-order valence-corrected chi connectivity index (χ3v) is 3.33. The Morgan fingerprint density at radius 3 is 2.93 bits per heavy atom. The molecule has 2 fully saturated rings. The number of methoxy groups -OCH3 is 1. The van der Waals surface area contributed by atoms with E-state index in [2.05, 4.69) is 5.32 Å². The summed E-state index contributed by atoms with van der Waals surface area (Å²) >= 11 is 0. The standard InChI is InChI=1S/C11H21NO3/c1-13-9-11(4-2-3-6-15-11)10-8-14-7-5-12-10/h10,12H,2-9H2,1H3. The van der Waals surface area contributed by atoms with E-state index in [0.717, 1.165) is 32.8 Å². The zero-order valence-corrected chi connectivity index (χ0v) is 9.46. The van der Waals surface area contributed by atoms with Crippen molar-refractivity contribution in [3.05, 3.63) is 0 Å². The molecule has 2 heterocycles. The van der Waals surface area contributed by atoms with Gasteiger partial charge in [0.25, 0.3) is 0 Å². The van der Waals surface area contributed by atoms with Crippen LogP contribution in [0, 0.1) is 0 Å². The Labute approximate surface area is 91.3 Å². The van der Waals surface area contributed by atoms with Gasteiger partial charge in [0.15, 0.2) is 0 Å². The first-order chi connectivity index (χ1) is 7.37. The van der Waals surface area contributed by atoms with Crippen molar-refractivity contribution in [2.75, 3.05) is 40.1 Å². The van der Waals surface area contributed by atoms with E-state index in [1.165, 1.54) is 12.8 Å². The average Bonchev–Trinajstić information content (AvgIpc) is 2.32. The number of ether oxygens (including phenoxy) is 3. The summed E-state index contributed by atoms with van der Waals surface area (Å²) in [6, 6.07) is 0.284. The Balaban J connectivity index is 2.01. The van der Waals surface area contributed by atoms with Gasteiger partial charge in [-0.05, 0) is 19.3 Å². The summed E-state index contributed by atoms with van der Waals surface area (Å²) in [7, 11) is 1.74. The predicted molar refractivity (Wildman–Crippen MR) is 57.0 cm³/mol. The number of rotatable bonds is 3. The molecular weight excluding hydrogens is 194 g/mol. The molecule has 88 valence electrons. The molecule has 2 rings (SSSR count). The molecule has 0 amide bonds. The molecule has 0 spiro atoms. The van der Waals surface area contributed by atoms with Crippen molar-refractivity contribution in [3.8, 4) is 0 Å². The minimum absolute atomic E-state index is 0.159. The highest BCUT2D eigenvalue weighted by Gasteiger charge is 2.42. The second kappa shape index (κ2) is 5.25. The van der Waals surface area contributed by atoms with Crippen LogP contribution >= 0.6 is 0 Å². The van der Waals surface area contributed by atoms with E-state index in [-0.39, 0.29) is 11.6 Å². The minimum atomic E-state index is -0.159. The van der Waals surface area contributed by atoms with Gasteiger partial charge >= 0.3 is 0 Å². The van der Waals surface area contributed by atoms with Crippen molar-refractivity contribution in [1.29, 1.82) is 0 Å². The second-order valence-corrected chi connectivity index (χ2v) is 4.38. The molecule has 2 aliphatic heterocycles. The van der Waals surface area contributed by atoms with Gasteiger partial charge in [-0.25, -0.2) is 0 Å². The maximum atomic E-state index is 5.98. The number of hydrogen-bond acceptors (Lipinski definition) is 4. The van der Waals surface area contributed by atoms with Crippen LogP contribution in [0.4, 0.5) is 0 Å². The number of nitrogens with one attached hydrogen (secondary N) is 1. The zero-order chi connectivity index (χ0) is 10.6. The first kappa shape index (κ1) is 11.3. The van der Waals surface area contributed by atoms with Crippen molar-refractivity contribution < 1.29 is 14.2 Å². The van der Waals surface area contributed by atoms with Crippen LogP contribution in [0.15, 0.2) is 0 Å². The van der Waals surface area contributed by atoms with Crippen LogP contribution in [-0.2, 0) is 14.2 Å². The van der Waals surface area contributed by atoms with Crippen molar-refractivity contribution in [3.63, 3.8) is 0 Å². The quantitative estimate of drug-likeness (QED) is 0.747. The largest absolute Gasteiger partial charge is 0.382 e. The Morgan fingerprint density at radius 2 is 2.33 bits per heavy atom. The molecule has 4 nitrogen and oxygen atoms in total. The molecule has 0 aromatic rings. The summed E-state index contributed by atoms with van der Waals surface area (Å²) in [5.74, 6) is 0. The summed E-state index contributed by atoms with van der Waals surface area (Å²) in [5, 5.41) is 3.48. The summed E-state index contributed by atoms with van der Waals surface area (Å²) in [6.45, 7) is 3.97. The third-order valence-electron chi connectivity index (χ3n) is 3.33. The Kier molecular flexibility index (Phi) is 3.97. The molecule has 0 bridgehead atoms. The summed E-state index contributed by atoms with van der Waals surface area (Å²) < 4.78 is 16.8. The van der Waals surface area contributed by atoms with Crippen LogP contribution in [0.1, 0.15) is 19.3 Å². The highest BCUT2D eigenvalue weighted by atomic mass is 16.5. The Morgan fingerprint density at radius 1 is 1.40 bits per heavy atom. The van der Waals surface area contributed by atoms with Gasteiger partial charge in [0.2, 0.25) is 0 Å². The van der Waals surface area contributed by atoms with Crippen LogP contribution in [0.2, 0.25) is 0 Å². The van der Waals surface area contributed by atoms with Gasteiger partial charge in [0, 0.05) is 20.3 Å². The van der Waals surface area contributed by atoms with Crippen LogP contribution in [0.25, 0.3) is 0 Å². The second-order valence-electron chi connectivity index (χ2n) is 4.38. The summed E-state index contributed by atoms with van der Waals surface area (Å²) in [4.78, 5) is 0. The van der Waals surface area contributed by atoms with Gasteiger partial charge in [-0.2, -0.15) is 0 Å². The lowest BCUT2D eigenvalue weighted by Gasteiger charge is -2.44. The molecule has 2 aliphatic rings. The molecule has 0 radical (unpaired) electrons. The van der Waals surface area contributed by atoms with Gasteiger partial charge in [-0.15, -0.1) is 0 Å². The average molecular weight is 215 g/mol. The van der Waals surface area contributed by atoms with Gasteiger partial charge in [0.05, 0.1) is 25.9 Å². The van der Waals surface area contributed by atoms with Crippen molar-refractivity contribution in [1.82, 2.24) is 5.32 Å². The van der Waals surface area contributed by atoms with Crippen LogP contribution < -0.4 is 5.32 Å². The Hall–Kier alpha value is -0.160. The molecule has 4 heteroatoms. The SMILES string of the molecule is COCC1(C2COCCN2)CCCCO1. The highest BCUT2D eigenvalue weighted by molar-refractivity contribution is 4.96. The minimum Gasteiger partial charge on any atom is -0.382 e. The van der Waals surface area contributed by atoms with Crippen LogP contribution in [-0.4, -0.2) is 51.7 Å². The predicted octanol–water partition coefficient (Wildman–Crippen LogP) is 0.560. The molecule has 0 saturated carbocycles. The first-order valence-corrected chi connectivity index (χ1v) is 5.81. The van der Waals surface area contributed by atoms with Crippen molar-refractivity contribution in [2.24, 2.45) is 0 Å². The molecule has 2 saturated heterocycles. The van der Waals surface area contributed by atoms with E-state index >= 15 is 0 Å². The molecule has 15 heavy (non-hydrogen) atoms. The zero-order valence-electron chi connectivity index (χ0n) is 9.46. The molecule has 2 atom stereocenters. The van der Waals surface area contributed by atoms with Gasteiger partial charge in [0.1, 0.15) is 5.60 Å². The fourth-order valence-electron chi connectivity index (χ4n) is 2.51. The van der Waals surface area contributed by atoms with Crippen molar-refractivity contribution >= 4 is 0 Å². The molecule has 2 unspecified atom stereocenters. The van der Waals surface area contributed by atoms with E-state index in [9.17, 15) is 0 Å². The number of hydrogen-bond donors (Lipinski definition) is 1. The van der Waals surface area contributed by atoms with E-state index in [0.29, 0.717) is 6.61 Å². The molecule has 1 N–H and O–H groups in total. The molecule has 0 aliphatic carbocycles. The lowest BCUT2D eigenvalue weighted by molar-refractivity contribution is -0.152. The van der Waals surface area contributed by atoms with E-state index in [4.69, 9.17) is 14.2 Å². The number of morpholine rings is 1. The maximum absolute atomic E-state index is 5.98. The van der Waals surface area contributed by atoms with Gasteiger partial charge < -0.3 is 19.5 Å². The van der Waals surface area contributed by atoms with Gasteiger partial charge in [-0.3, -0.25) is 0 Å². The topological polar surface area (TPSA) is 39.7 Å². The Bertz CT molecular complexity index is 181. The van der Waals surface area contributed by atoms with E-state index in [1.54, 1.807) is 7.11 Å². The van der Waals surface area contributed by atoms with Gasteiger partial charge in [-0.1, -0.05) is 0 Å². The normalized spacial score (nSPS) is 37.8. The molecular formula is C11H21NO3. The molecule has 0 aromatic carbocycles. The monoisotopic (exact) mass is 215 g/mol. The fourth-order valence-corrected chi connectivity index (χ4v) is 2.51. The van der Waals surface area contributed by atoms with E-state index in [1.807, 2.05) is 0 Å². The smallest absolute Gasteiger partial charge is 0.109 e. The van der Waals surface area contributed by atoms with Crippen LogP contribution in [0.3, 0.4) is 0 Å². The first-order valence-electron chi connectivity index (χ1n) is 5.81. The van der Waals surface area contributed by atoms with Crippen molar-refractivity contribution in [2.45, 2.75) is 30.9 Å². The summed E-state index contributed by atoms with van der Waals surface area (Å²) in [6.07, 6.45) is 3.46. The third kappa shape index (κ3) is 2.50. The molecule has 0 aromatic heterocycles. The highest BCUT2D eigenvalue weighted by Crippen LogP contribution is 2.29. The summed E-state index contributed by atoms with van der Waals surface area (Å²) in [5.41, 5.74) is -0.159. The van der Waals surface area contributed by atoms with E-state index < -0.39 is 0 Å².